The van der Waals surface area contributed by atoms with Crippen molar-refractivity contribution >= 4 is 34.8 Å². The summed E-state index contributed by atoms with van der Waals surface area (Å²) in [5.74, 6) is -0.0682. The van der Waals surface area contributed by atoms with Gasteiger partial charge >= 0.3 is 0 Å². The van der Waals surface area contributed by atoms with Gasteiger partial charge in [-0.25, -0.2) is 5.01 Å². The summed E-state index contributed by atoms with van der Waals surface area (Å²) in [5.41, 5.74) is 1.63. The van der Waals surface area contributed by atoms with Crippen molar-refractivity contribution < 1.29 is 9.90 Å². The number of amides is 1. The second kappa shape index (κ2) is 6.57. The molecule has 108 valence electrons. The monoisotopic (exact) mass is 314 g/mol. The lowest BCUT2D eigenvalue weighted by Crippen LogP contribution is -2.37. The Morgan fingerprint density at radius 2 is 2.10 bits per heavy atom. The Kier molecular flexibility index (Phi) is 5.02. The molecule has 1 aromatic carbocycles. The van der Waals surface area contributed by atoms with Crippen molar-refractivity contribution in [3.8, 4) is 0 Å². The minimum atomic E-state index is -0.559. The topological polar surface area (TPSA) is 52.9 Å². The van der Waals surface area contributed by atoms with E-state index in [1.807, 2.05) is 13.0 Å². The average molecular weight is 315 g/mol. The molecule has 0 fully saturated rings. The number of hydrogen-bond acceptors (Lipinski definition) is 3. The van der Waals surface area contributed by atoms with Gasteiger partial charge in [-0.2, -0.15) is 5.10 Å². The minimum Gasteiger partial charge on any atom is -0.391 e. The lowest BCUT2D eigenvalue weighted by Gasteiger charge is -2.25. The van der Waals surface area contributed by atoms with Gasteiger partial charge in [0.05, 0.1) is 28.4 Å². The van der Waals surface area contributed by atoms with Gasteiger partial charge < -0.3 is 5.11 Å². The van der Waals surface area contributed by atoms with Crippen LogP contribution in [-0.4, -0.2) is 34.4 Å². The van der Waals surface area contributed by atoms with Crippen LogP contribution in [0.15, 0.2) is 23.3 Å². The lowest BCUT2D eigenvalue weighted by atomic mass is 10.0. The van der Waals surface area contributed by atoms with Gasteiger partial charge in [-0.05, 0) is 24.1 Å². The van der Waals surface area contributed by atoms with Crippen LogP contribution < -0.4 is 0 Å². The molecule has 6 heteroatoms. The Bertz CT molecular complexity index is 546. The van der Waals surface area contributed by atoms with Crippen LogP contribution in [0.3, 0.4) is 0 Å². The maximum Gasteiger partial charge on any atom is 0.243 e. The van der Waals surface area contributed by atoms with Gasteiger partial charge in [-0.3, -0.25) is 4.79 Å². The largest absolute Gasteiger partial charge is 0.391 e. The molecule has 1 aliphatic heterocycles. The van der Waals surface area contributed by atoms with Gasteiger partial charge in [0.2, 0.25) is 5.91 Å². The Morgan fingerprint density at radius 1 is 1.35 bits per heavy atom. The third-order valence-electron chi connectivity index (χ3n) is 3.21. The molecule has 0 saturated heterocycles. The van der Waals surface area contributed by atoms with E-state index in [2.05, 4.69) is 5.10 Å². The molecule has 0 aliphatic carbocycles. The molecule has 1 aromatic rings. The summed E-state index contributed by atoms with van der Waals surface area (Å²) in [7, 11) is 0. The first-order chi connectivity index (χ1) is 9.51. The number of hydrogen-bond donors (Lipinski definition) is 1. The molecule has 0 radical (unpaired) electrons. The molecule has 1 heterocycles. The SMILES string of the molecule is CC[C@@H](O)CN1N=C(c2ccc(Cl)c(Cl)c2)CCC1=O. The van der Waals surface area contributed by atoms with E-state index in [0.717, 1.165) is 11.3 Å². The fourth-order valence-corrected chi connectivity index (χ4v) is 2.25. The van der Waals surface area contributed by atoms with Crippen molar-refractivity contribution in [2.45, 2.75) is 32.3 Å². The summed E-state index contributed by atoms with van der Waals surface area (Å²) in [6.45, 7) is 2.09. The molecular weight excluding hydrogens is 299 g/mol. The van der Waals surface area contributed by atoms with Crippen molar-refractivity contribution in [3.63, 3.8) is 0 Å². The molecule has 1 amide bonds. The van der Waals surface area contributed by atoms with Crippen LogP contribution in [0, 0.1) is 0 Å². The summed E-state index contributed by atoms with van der Waals surface area (Å²) in [4.78, 5) is 11.8. The molecule has 0 aromatic heterocycles. The molecule has 0 spiro atoms. The number of carbonyl (C=O) groups is 1. The van der Waals surface area contributed by atoms with Gasteiger partial charge in [-0.1, -0.05) is 36.2 Å². The van der Waals surface area contributed by atoms with E-state index in [1.54, 1.807) is 12.1 Å². The molecule has 0 saturated carbocycles. The van der Waals surface area contributed by atoms with Gasteiger partial charge in [0.25, 0.3) is 0 Å². The second-order valence-corrected chi connectivity index (χ2v) is 5.53. The average Bonchev–Trinajstić information content (AvgIpc) is 2.44. The smallest absolute Gasteiger partial charge is 0.243 e. The van der Waals surface area contributed by atoms with Crippen molar-refractivity contribution in [1.29, 1.82) is 0 Å². The van der Waals surface area contributed by atoms with Crippen LogP contribution in [0.5, 0.6) is 0 Å². The predicted molar refractivity (Wildman–Crippen MR) is 80.2 cm³/mol. The zero-order valence-electron chi connectivity index (χ0n) is 11.1. The third kappa shape index (κ3) is 3.51. The Balaban J connectivity index is 2.24. The van der Waals surface area contributed by atoms with Crippen LogP contribution in [0.1, 0.15) is 31.7 Å². The number of rotatable bonds is 4. The van der Waals surface area contributed by atoms with Crippen molar-refractivity contribution in [3.05, 3.63) is 33.8 Å². The fourth-order valence-electron chi connectivity index (χ4n) is 1.95. The summed E-state index contributed by atoms with van der Waals surface area (Å²) >= 11 is 11.9. The highest BCUT2D eigenvalue weighted by molar-refractivity contribution is 6.42. The van der Waals surface area contributed by atoms with Crippen LogP contribution in [-0.2, 0) is 4.79 Å². The summed E-state index contributed by atoms with van der Waals surface area (Å²) in [5, 5.41) is 16.3. The molecule has 0 unspecified atom stereocenters. The highest BCUT2D eigenvalue weighted by Crippen LogP contribution is 2.25. The highest BCUT2D eigenvalue weighted by Gasteiger charge is 2.23. The van der Waals surface area contributed by atoms with Crippen LogP contribution in [0.4, 0.5) is 0 Å². The third-order valence-corrected chi connectivity index (χ3v) is 3.95. The first kappa shape index (κ1) is 15.3. The molecule has 4 nitrogen and oxygen atoms in total. The number of benzene rings is 1. The number of carbonyl (C=O) groups excluding carboxylic acids is 1. The van der Waals surface area contributed by atoms with Crippen LogP contribution in [0.25, 0.3) is 0 Å². The molecule has 1 atom stereocenters. The van der Waals surface area contributed by atoms with Gasteiger partial charge in [0, 0.05) is 12.8 Å². The van der Waals surface area contributed by atoms with E-state index in [-0.39, 0.29) is 12.5 Å². The normalized spacial score (nSPS) is 17.1. The fraction of sp³-hybridized carbons (Fsp3) is 0.429. The maximum absolute atomic E-state index is 11.8. The summed E-state index contributed by atoms with van der Waals surface area (Å²) < 4.78 is 0. The Labute approximate surface area is 128 Å². The number of β-amino-alcohol motifs (C(OH)–C–C–N with tert-alkyl or cyclic N) is 1. The van der Waals surface area contributed by atoms with Crippen molar-refractivity contribution in [2.24, 2.45) is 5.10 Å². The number of aliphatic hydroxyl groups excluding tert-OH is 1. The number of halogens is 2. The van der Waals surface area contributed by atoms with E-state index < -0.39 is 6.10 Å². The van der Waals surface area contributed by atoms with Gasteiger partial charge in [0.15, 0.2) is 0 Å². The molecule has 0 bridgehead atoms. The lowest BCUT2D eigenvalue weighted by molar-refractivity contribution is -0.133. The van der Waals surface area contributed by atoms with Crippen molar-refractivity contribution in [1.82, 2.24) is 5.01 Å². The first-order valence-electron chi connectivity index (χ1n) is 6.52. The van der Waals surface area contributed by atoms with E-state index in [9.17, 15) is 9.90 Å². The van der Waals surface area contributed by atoms with E-state index in [0.29, 0.717) is 29.3 Å². The van der Waals surface area contributed by atoms with E-state index in [4.69, 9.17) is 23.2 Å². The maximum atomic E-state index is 11.8. The van der Waals surface area contributed by atoms with Crippen LogP contribution in [0.2, 0.25) is 10.0 Å². The zero-order valence-corrected chi connectivity index (χ0v) is 12.7. The Morgan fingerprint density at radius 3 is 2.75 bits per heavy atom. The molecular formula is C14H16Cl2N2O2. The molecule has 20 heavy (non-hydrogen) atoms. The van der Waals surface area contributed by atoms with Crippen LogP contribution >= 0.6 is 23.2 Å². The van der Waals surface area contributed by atoms with E-state index >= 15 is 0 Å². The molecule has 1 N–H and O–H groups in total. The van der Waals surface area contributed by atoms with Crippen molar-refractivity contribution in [2.75, 3.05) is 6.54 Å². The highest BCUT2D eigenvalue weighted by atomic mass is 35.5. The Hall–Kier alpha value is -1.10. The molecule has 2 rings (SSSR count). The second-order valence-electron chi connectivity index (χ2n) is 4.71. The number of aliphatic hydroxyl groups is 1. The molecule has 1 aliphatic rings. The van der Waals surface area contributed by atoms with Gasteiger partial charge in [0.1, 0.15) is 0 Å². The van der Waals surface area contributed by atoms with Gasteiger partial charge in [-0.15, -0.1) is 0 Å². The quantitative estimate of drug-likeness (QED) is 0.928. The zero-order chi connectivity index (χ0) is 14.7. The first-order valence-corrected chi connectivity index (χ1v) is 7.28. The predicted octanol–water partition coefficient (Wildman–Crippen LogP) is 3.09. The number of nitrogens with zero attached hydrogens (tertiary/aromatic N) is 2. The standard InChI is InChI=1S/C14H16Cl2N2O2/c1-2-10(19)8-18-14(20)6-5-13(17-18)9-3-4-11(15)12(16)7-9/h3-4,7,10,19H,2,5-6,8H2,1H3/t10-/m1/s1. The summed E-state index contributed by atoms with van der Waals surface area (Å²) in [6, 6.07) is 5.29. The van der Waals surface area contributed by atoms with E-state index in [1.165, 1.54) is 5.01 Å². The number of hydrazone groups is 1. The summed E-state index contributed by atoms with van der Waals surface area (Å²) in [6.07, 6.45) is 0.975. The minimum absolute atomic E-state index is 0.0682.